The third-order valence-electron chi connectivity index (χ3n) is 1.06. The van der Waals surface area contributed by atoms with E-state index in [2.05, 4.69) is 4.98 Å². The van der Waals surface area contributed by atoms with Gasteiger partial charge >= 0.3 is 5.82 Å². The number of hydrogen-bond donors (Lipinski definition) is 1. The molecule has 0 aliphatic heterocycles. The third kappa shape index (κ3) is 1.76. The summed E-state index contributed by atoms with van der Waals surface area (Å²) in [6, 6.07) is 1.24. The number of aromatic nitrogens is 1. The molecule has 0 radical (unpaired) electrons. The Labute approximate surface area is 75.9 Å². The highest BCUT2D eigenvalue weighted by Gasteiger charge is 2.08. The van der Waals surface area contributed by atoms with Crippen molar-refractivity contribution in [2.75, 3.05) is 5.73 Å². The number of nitrogens with zero attached hydrogens (tertiary/aromatic N) is 2. The second kappa shape index (κ2) is 2.99. The van der Waals surface area contributed by atoms with Crippen molar-refractivity contribution in [1.29, 1.82) is 0 Å². The number of anilines is 1. The molecule has 0 atom stereocenters. The summed E-state index contributed by atoms with van der Waals surface area (Å²) in [6.45, 7) is 0. The lowest BCUT2D eigenvalue weighted by atomic mass is 10.4. The summed E-state index contributed by atoms with van der Waals surface area (Å²) in [5.74, 6) is -0.220. The van der Waals surface area contributed by atoms with Crippen molar-refractivity contribution in [3.63, 3.8) is 0 Å². The summed E-state index contributed by atoms with van der Waals surface area (Å²) in [5, 5.41) is 10.1. The Morgan fingerprint density at radius 2 is 2.36 bits per heavy atom. The van der Waals surface area contributed by atoms with Crippen LogP contribution in [0, 0.1) is 13.7 Å². The molecule has 11 heavy (non-hydrogen) atoms. The molecule has 0 spiro atoms. The molecular weight excluding hydrogens is 261 g/mol. The Kier molecular flexibility index (Phi) is 2.22. The molecule has 5 nitrogen and oxygen atoms in total. The first-order chi connectivity index (χ1) is 5.11. The van der Waals surface area contributed by atoms with Gasteiger partial charge in [-0.15, -0.1) is 0 Å². The smallest absolute Gasteiger partial charge is 0.365 e. The Balaban J connectivity index is 3.15. The van der Waals surface area contributed by atoms with Gasteiger partial charge in [0.2, 0.25) is 0 Å². The van der Waals surface area contributed by atoms with Gasteiger partial charge in [-0.05, 0) is 32.5 Å². The van der Waals surface area contributed by atoms with Crippen LogP contribution in [0.4, 0.5) is 11.5 Å². The van der Waals surface area contributed by atoms with Crippen LogP contribution in [-0.4, -0.2) is 9.91 Å². The normalized spacial score (nSPS) is 9.55. The fourth-order valence-corrected chi connectivity index (χ4v) is 0.837. The van der Waals surface area contributed by atoms with Gasteiger partial charge in [0, 0.05) is 0 Å². The zero-order valence-electron chi connectivity index (χ0n) is 5.32. The molecule has 6 heteroatoms. The quantitative estimate of drug-likeness (QED) is 0.469. The van der Waals surface area contributed by atoms with Gasteiger partial charge in [-0.2, -0.15) is 0 Å². The molecule has 58 valence electrons. The second-order valence-electron chi connectivity index (χ2n) is 1.82. The molecular formula is C5H4IN3O2. The zero-order valence-corrected chi connectivity index (χ0v) is 7.48. The Hall–Kier alpha value is -0.920. The Bertz CT molecular complexity index is 302. The summed E-state index contributed by atoms with van der Waals surface area (Å²) in [4.78, 5) is 13.1. The predicted octanol–water partition coefficient (Wildman–Crippen LogP) is 1.18. The van der Waals surface area contributed by atoms with E-state index in [0.29, 0.717) is 9.26 Å². The molecule has 0 amide bonds. The lowest BCUT2D eigenvalue weighted by Crippen LogP contribution is -1.96. The van der Waals surface area contributed by atoms with Crippen molar-refractivity contribution in [1.82, 2.24) is 4.98 Å². The molecule has 1 aromatic rings. The minimum atomic E-state index is -0.577. The third-order valence-corrected chi connectivity index (χ3v) is 1.96. The number of nitrogen functional groups attached to an aromatic ring is 1. The van der Waals surface area contributed by atoms with Crippen LogP contribution in [0.25, 0.3) is 0 Å². The molecule has 0 fully saturated rings. The fraction of sp³-hybridized carbons (Fsp3) is 0. The molecule has 0 saturated heterocycles. The SMILES string of the molecule is Nc1cc([N+](=O)[O-])ncc1I. The molecule has 1 aromatic heterocycles. The highest BCUT2D eigenvalue weighted by molar-refractivity contribution is 14.1. The molecule has 1 heterocycles. The number of hydrogen-bond acceptors (Lipinski definition) is 4. The highest BCUT2D eigenvalue weighted by atomic mass is 127. The number of pyridine rings is 1. The summed E-state index contributed by atoms with van der Waals surface area (Å²) in [7, 11) is 0. The Morgan fingerprint density at radius 1 is 1.73 bits per heavy atom. The van der Waals surface area contributed by atoms with E-state index in [1.54, 1.807) is 0 Å². The largest absolute Gasteiger partial charge is 0.398 e. The first-order valence-electron chi connectivity index (χ1n) is 2.66. The van der Waals surface area contributed by atoms with Gasteiger partial charge < -0.3 is 15.8 Å². The molecule has 0 aromatic carbocycles. The minimum absolute atomic E-state index is 0.220. The van der Waals surface area contributed by atoms with Crippen molar-refractivity contribution >= 4 is 34.1 Å². The number of nitro groups is 1. The van der Waals surface area contributed by atoms with E-state index < -0.39 is 4.92 Å². The summed E-state index contributed by atoms with van der Waals surface area (Å²) >= 11 is 1.95. The van der Waals surface area contributed by atoms with Crippen LogP contribution < -0.4 is 5.73 Å². The van der Waals surface area contributed by atoms with E-state index >= 15 is 0 Å². The van der Waals surface area contributed by atoms with Gasteiger partial charge in [0.05, 0.1) is 15.3 Å². The summed E-state index contributed by atoms with van der Waals surface area (Å²) in [5.41, 5.74) is 5.79. The first-order valence-corrected chi connectivity index (χ1v) is 3.74. The van der Waals surface area contributed by atoms with Crippen LogP contribution in [0.1, 0.15) is 0 Å². The van der Waals surface area contributed by atoms with Crippen LogP contribution in [0.15, 0.2) is 12.3 Å². The molecule has 1 rings (SSSR count). The average Bonchev–Trinajstić information content (AvgIpc) is 1.94. The van der Waals surface area contributed by atoms with E-state index in [1.165, 1.54) is 12.3 Å². The van der Waals surface area contributed by atoms with Gasteiger partial charge in [-0.3, -0.25) is 0 Å². The van der Waals surface area contributed by atoms with Gasteiger partial charge in [0.15, 0.2) is 6.20 Å². The van der Waals surface area contributed by atoms with Gasteiger partial charge in [-0.1, -0.05) is 0 Å². The first kappa shape index (κ1) is 8.18. The number of halogens is 1. The lowest BCUT2D eigenvalue weighted by molar-refractivity contribution is -0.389. The maximum absolute atomic E-state index is 10.1. The van der Waals surface area contributed by atoms with Crippen molar-refractivity contribution in [3.8, 4) is 0 Å². The van der Waals surface area contributed by atoms with Crippen LogP contribution in [0.3, 0.4) is 0 Å². The van der Waals surface area contributed by atoms with Crippen molar-refractivity contribution in [2.45, 2.75) is 0 Å². The van der Waals surface area contributed by atoms with E-state index in [0.717, 1.165) is 0 Å². The number of nitrogens with two attached hydrogens (primary N) is 1. The van der Waals surface area contributed by atoms with E-state index in [9.17, 15) is 10.1 Å². The standard InChI is InChI=1S/C5H4IN3O2/c6-3-2-8-5(9(10)11)1-4(3)7/h1-2H,(H2,7,8). The predicted molar refractivity (Wildman–Crippen MR) is 48.0 cm³/mol. The topological polar surface area (TPSA) is 82.0 Å². The van der Waals surface area contributed by atoms with Gasteiger partial charge in [0.25, 0.3) is 0 Å². The lowest BCUT2D eigenvalue weighted by Gasteiger charge is -1.94. The summed E-state index contributed by atoms with van der Waals surface area (Å²) in [6.07, 6.45) is 1.37. The van der Waals surface area contributed by atoms with Crippen LogP contribution in [-0.2, 0) is 0 Å². The van der Waals surface area contributed by atoms with Crippen molar-refractivity contribution in [2.24, 2.45) is 0 Å². The van der Waals surface area contributed by atoms with Crippen LogP contribution >= 0.6 is 22.6 Å². The Morgan fingerprint density at radius 3 is 2.82 bits per heavy atom. The van der Waals surface area contributed by atoms with Crippen LogP contribution in [0.5, 0.6) is 0 Å². The van der Waals surface area contributed by atoms with Crippen molar-refractivity contribution < 1.29 is 4.92 Å². The molecule has 2 N–H and O–H groups in total. The second-order valence-corrected chi connectivity index (χ2v) is 2.98. The van der Waals surface area contributed by atoms with Gasteiger partial charge in [0.1, 0.15) is 0 Å². The fourth-order valence-electron chi connectivity index (χ4n) is 0.542. The molecule has 0 aliphatic rings. The summed E-state index contributed by atoms with van der Waals surface area (Å²) < 4.78 is 0.716. The minimum Gasteiger partial charge on any atom is -0.398 e. The van der Waals surface area contributed by atoms with E-state index in [1.807, 2.05) is 22.6 Å². The molecule has 0 aliphatic carbocycles. The highest BCUT2D eigenvalue weighted by Crippen LogP contribution is 2.17. The van der Waals surface area contributed by atoms with E-state index in [-0.39, 0.29) is 5.82 Å². The molecule has 0 bridgehead atoms. The zero-order chi connectivity index (χ0) is 8.43. The van der Waals surface area contributed by atoms with E-state index in [4.69, 9.17) is 5.73 Å². The number of rotatable bonds is 1. The molecule has 0 unspecified atom stereocenters. The van der Waals surface area contributed by atoms with Crippen molar-refractivity contribution in [3.05, 3.63) is 25.9 Å². The van der Waals surface area contributed by atoms with Gasteiger partial charge in [-0.25, -0.2) is 0 Å². The maximum atomic E-state index is 10.1. The maximum Gasteiger partial charge on any atom is 0.365 e. The average molecular weight is 265 g/mol. The monoisotopic (exact) mass is 265 g/mol. The van der Waals surface area contributed by atoms with Crippen LogP contribution in [0.2, 0.25) is 0 Å². The molecule has 0 saturated carbocycles.